The van der Waals surface area contributed by atoms with E-state index in [9.17, 15) is 26.4 Å². The fraction of sp³-hybridized carbons (Fsp3) is 0.900. The molecule has 14 heteroatoms. The molecule has 0 unspecified atom stereocenters. The Balaban J connectivity index is 0. The molecule has 10 nitrogen and oxygen atoms in total. The van der Waals surface area contributed by atoms with Crippen LogP contribution in [0.25, 0.3) is 0 Å². The maximum Gasteiger partial charge on any atom is 0.305 e. The Morgan fingerprint density at radius 2 is 1.26 bits per heavy atom. The number of unbranched alkanes of at least 4 members (excludes halogenated alkanes) is 2. The smallest absolute Gasteiger partial charge is 0.305 e. The summed E-state index contributed by atoms with van der Waals surface area (Å²) in [5, 5.41) is 0.426. The third kappa shape index (κ3) is 27.7. The van der Waals surface area contributed by atoms with Gasteiger partial charge in [0.15, 0.2) is 0 Å². The molecule has 0 aromatic carbocycles. The van der Waals surface area contributed by atoms with Crippen molar-refractivity contribution in [2.24, 2.45) is 0 Å². The van der Waals surface area contributed by atoms with Gasteiger partial charge in [0.2, 0.25) is 0 Å². The zero-order valence-electron chi connectivity index (χ0n) is 20.4. The van der Waals surface area contributed by atoms with Crippen LogP contribution < -0.4 is 0 Å². The van der Waals surface area contributed by atoms with E-state index >= 15 is 0 Å². The molecule has 0 fully saturated rings. The number of esters is 2. The molecule has 0 radical (unpaired) electrons. The summed E-state index contributed by atoms with van der Waals surface area (Å²) in [6.45, 7) is -0.157. The molecule has 0 rings (SSSR count). The Hall–Kier alpha value is -0.540. The van der Waals surface area contributed by atoms with E-state index in [4.69, 9.17) is 4.18 Å². The van der Waals surface area contributed by atoms with Gasteiger partial charge in [-0.1, -0.05) is 12.8 Å². The van der Waals surface area contributed by atoms with E-state index in [1.165, 1.54) is 14.2 Å². The lowest BCUT2D eigenvalue weighted by Gasteiger charge is -2.15. The molecule has 0 amide bonds. The maximum absolute atomic E-state index is 11.1. The average Bonchev–Trinajstić information content (AvgIpc) is 2.72. The van der Waals surface area contributed by atoms with Crippen molar-refractivity contribution in [3.8, 4) is 0 Å². The van der Waals surface area contributed by atoms with E-state index in [1.54, 1.807) is 0 Å². The quantitative estimate of drug-likeness (QED) is 0.110. The molecule has 0 saturated carbocycles. The molecule has 204 valence electrons. The number of rotatable bonds is 18. The predicted octanol–water partition coefficient (Wildman–Crippen LogP) is 2.77. The number of hydrogen-bond acceptors (Lipinski definition) is 12. The highest BCUT2D eigenvalue weighted by atomic mass is 32.2. The zero-order chi connectivity index (χ0) is 26.6. The van der Waals surface area contributed by atoms with Crippen molar-refractivity contribution >= 4 is 57.4 Å². The van der Waals surface area contributed by atoms with Crippen LogP contribution in [0.5, 0.6) is 0 Å². The third-order valence-corrected chi connectivity index (χ3v) is 6.28. The molecule has 0 aliphatic heterocycles. The molecular weight excluding hydrogens is 528 g/mol. The van der Waals surface area contributed by atoms with Crippen LogP contribution in [0, 0.1) is 0 Å². The van der Waals surface area contributed by atoms with Gasteiger partial charge in [-0.05, 0) is 44.3 Å². The normalized spacial score (nSPS) is 13.4. The molecular formula is C20H40O10S4. The number of carbonyl (C=O) groups excluding carboxylic acids is 2. The van der Waals surface area contributed by atoms with E-state index < -0.39 is 26.3 Å². The molecule has 0 saturated heterocycles. The van der Waals surface area contributed by atoms with Gasteiger partial charge in [-0.3, -0.25) is 18.0 Å². The molecule has 0 aliphatic rings. The Morgan fingerprint density at radius 3 is 1.68 bits per heavy atom. The SMILES string of the molecule is COC(=O)CCCC[C@@H](CCOS(C)(=O)=O)OS(C)(=O)=O.COC(=O)CCCC[C@@H](S)CCS. The molecule has 0 spiro atoms. The van der Waals surface area contributed by atoms with E-state index in [1.807, 2.05) is 0 Å². The number of methoxy groups -OCH3 is 2. The van der Waals surface area contributed by atoms with Crippen LogP contribution in [0.1, 0.15) is 64.2 Å². The topological polar surface area (TPSA) is 139 Å². The van der Waals surface area contributed by atoms with Crippen molar-refractivity contribution in [1.82, 2.24) is 0 Å². The number of ether oxygens (including phenoxy) is 2. The second kappa shape index (κ2) is 20.6. The second-order valence-electron chi connectivity index (χ2n) is 7.55. The molecule has 0 aliphatic carbocycles. The molecule has 0 heterocycles. The highest BCUT2D eigenvalue weighted by Crippen LogP contribution is 2.14. The monoisotopic (exact) mass is 568 g/mol. The van der Waals surface area contributed by atoms with Crippen LogP contribution in [-0.4, -0.2) is 79.2 Å². The second-order valence-corrected chi connectivity index (χ2v) is 12.0. The van der Waals surface area contributed by atoms with Crippen LogP contribution >= 0.6 is 25.3 Å². The van der Waals surface area contributed by atoms with Crippen molar-refractivity contribution in [2.45, 2.75) is 75.6 Å². The van der Waals surface area contributed by atoms with Gasteiger partial charge in [-0.2, -0.15) is 42.1 Å². The number of hydrogen-bond donors (Lipinski definition) is 2. The fourth-order valence-electron chi connectivity index (χ4n) is 2.61. The summed E-state index contributed by atoms with van der Waals surface area (Å²) < 4.78 is 62.4. The summed E-state index contributed by atoms with van der Waals surface area (Å²) in [5.41, 5.74) is 0. The van der Waals surface area contributed by atoms with Gasteiger partial charge in [-0.15, -0.1) is 0 Å². The fourth-order valence-corrected chi connectivity index (χ4v) is 4.52. The van der Waals surface area contributed by atoms with Crippen molar-refractivity contribution in [3.05, 3.63) is 0 Å². The Bertz CT molecular complexity index is 753. The highest BCUT2D eigenvalue weighted by molar-refractivity contribution is 7.86. The zero-order valence-corrected chi connectivity index (χ0v) is 23.9. The lowest BCUT2D eigenvalue weighted by molar-refractivity contribution is -0.141. The van der Waals surface area contributed by atoms with Crippen LogP contribution in [0.15, 0.2) is 0 Å². The standard InChI is InChI=1S/C11H22O8S2.C9H18O2S2/c1-17-11(12)7-5-4-6-10(19-21(3,15)16)8-9-18-20(2,13)14;1-11-9(10)5-3-2-4-8(13)6-7-12/h10H,4-9H2,1-3H3;8,12-13H,2-7H2,1H3/t10-;8-/m01/s1. The summed E-state index contributed by atoms with van der Waals surface area (Å²) in [5.74, 6) is 0.423. The molecule has 0 N–H and O–H groups in total. The van der Waals surface area contributed by atoms with Gasteiger partial charge in [0.1, 0.15) is 0 Å². The summed E-state index contributed by atoms with van der Waals surface area (Å²) in [7, 11) is -4.50. The maximum atomic E-state index is 11.1. The highest BCUT2D eigenvalue weighted by Gasteiger charge is 2.17. The van der Waals surface area contributed by atoms with Gasteiger partial charge >= 0.3 is 11.9 Å². The molecule has 0 aromatic heterocycles. The summed E-state index contributed by atoms with van der Waals surface area (Å²) in [4.78, 5) is 21.7. The first-order valence-corrected chi connectivity index (χ1v) is 15.7. The predicted molar refractivity (Wildman–Crippen MR) is 137 cm³/mol. The minimum absolute atomic E-state index is 0.120. The first-order chi connectivity index (χ1) is 15.7. The minimum Gasteiger partial charge on any atom is -0.469 e. The summed E-state index contributed by atoms with van der Waals surface area (Å²) >= 11 is 8.52. The Labute approximate surface area is 215 Å². The Kier molecular flexibility index (Phi) is 21.6. The third-order valence-electron chi connectivity index (χ3n) is 4.29. The molecule has 34 heavy (non-hydrogen) atoms. The summed E-state index contributed by atoms with van der Waals surface area (Å²) in [6, 6.07) is 0. The first kappa shape index (κ1) is 35.6. The minimum atomic E-state index is -3.64. The number of carbonyl (C=O) groups is 2. The van der Waals surface area contributed by atoms with Gasteiger partial charge < -0.3 is 9.47 Å². The van der Waals surface area contributed by atoms with E-state index in [2.05, 4.69) is 38.9 Å². The van der Waals surface area contributed by atoms with E-state index in [-0.39, 0.29) is 31.4 Å². The van der Waals surface area contributed by atoms with Gasteiger partial charge in [0, 0.05) is 18.1 Å². The van der Waals surface area contributed by atoms with Crippen LogP contribution in [0.3, 0.4) is 0 Å². The largest absolute Gasteiger partial charge is 0.469 e. The first-order valence-electron chi connectivity index (χ1n) is 10.9. The molecule has 0 bridgehead atoms. The van der Waals surface area contributed by atoms with Gasteiger partial charge in [0.25, 0.3) is 20.2 Å². The van der Waals surface area contributed by atoms with Crippen LogP contribution in [0.4, 0.5) is 0 Å². The van der Waals surface area contributed by atoms with Crippen molar-refractivity contribution in [2.75, 3.05) is 39.1 Å². The van der Waals surface area contributed by atoms with Crippen molar-refractivity contribution < 1.29 is 44.3 Å². The van der Waals surface area contributed by atoms with E-state index in [0.717, 1.165) is 43.9 Å². The van der Waals surface area contributed by atoms with Crippen LogP contribution in [0.2, 0.25) is 0 Å². The van der Waals surface area contributed by atoms with Crippen molar-refractivity contribution in [1.29, 1.82) is 0 Å². The average molecular weight is 569 g/mol. The lowest BCUT2D eigenvalue weighted by atomic mass is 10.1. The van der Waals surface area contributed by atoms with E-state index in [0.29, 0.717) is 30.9 Å². The van der Waals surface area contributed by atoms with Gasteiger partial charge in [0.05, 0.1) is 39.4 Å². The summed E-state index contributed by atoms with van der Waals surface area (Å²) in [6.07, 6.45) is 7.52. The molecule has 2 atom stereocenters. The van der Waals surface area contributed by atoms with Gasteiger partial charge in [-0.25, -0.2) is 0 Å². The Morgan fingerprint density at radius 1 is 0.765 bits per heavy atom. The van der Waals surface area contributed by atoms with Crippen molar-refractivity contribution in [3.63, 3.8) is 0 Å². The lowest BCUT2D eigenvalue weighted by Crippen LogP contribution is -2.20. The van der Waals surface area contributed by atoms with Crippen LogP contribution in [-0.2, 0) is 47.7 Å². The molecule has 0 aromatic rings. The number of thiol groups is 2.